The second-order valence-corrected chi connectivity index (χ2v) is 4.26. The minimum atomic E-state index is -0.353. The first-order valence-corrected chi connectivity index (χ1v) is 6.55. The number of esters is 1. The van der Waals surface area contributed by atoms with Crippen molar-refractivity contribution in [3.05, 3.63) is 33.8 Å². The molecule has 0 spiro atoms. The number of carbonyl (C=O) groups excluding carboxylic acids is 1. The molecule has 90 valence electrons. The Morgan fingerprint density at radius 2 is 2.29 bits per heavy atom. The number of nitriles is 1. The van der Waals surface area contributed by atoms with E-state index in [0.717, 1.165) is 5.56 Å². The molecule has 0 saturated carbocycles. The Hall–Kier alpha value is -1.05. The molecule has 0 heterocycles. The number of hydrogen-bond acceptors (Lipinski definition) is 3. The highest BCUT2D eigenvalue weighted by Gasteiger charge is 2.15. The SMILES string of the molecule is CCOC(=O)Cc1c(CBr)ccc(Cl)c1C#N. The molecule has 5 heteroatoms. The molecule has 1 rings (SSSR count). The van der Waals surface area contributed by atoms with Crippen LogP contribution in [0.25, 0.3) is 0 Å². The van der Waals surface area contributed by atoms with E-state index in [2.05, 4.69) is 15.9 Å². The molecule has 0 aliphatic carbocycles. The van der Waals surface area contributed by atoms with Crippen LogP contribution in [0.4, 0.5) is 0 Å². The van der Waals surface area contributed by atoms with Gasteiger partial charge in [0.05, 0.1) is 23.6 Å². The second-order valence-electron chi connectivity index (χ2n) is 3.29. The molecule has 1 aromatic rings. The van der Waals surface area contributed by atoms with Crippen LogP contribution in [0.1, 0.15) is 23.6 Å². The molecule has 0 aliphatic rings. The predicted octanol–water partition coefficient (Wildman–Crippen LogP) is 3.21. The summed E-state index contributed by atoms with van der Waals surface area (Å²) in [7, 11) is 0. The average Bonchev–Trinajstić information content (AvgIpc) is 2.30. The van der Waals surface area contributed by atoms with Gasteiger partial charge in [-0.2, -0.15) is 5.26 Å². The van der Waals surface area contributed by atoms with Crippen molar-refractivity contribution in [2.75, 3.05) is 6.61 Å². The number of hydrogen-bond donors (Lipinski definition) is 0. The van der Waals surface area contributed by atoms with Gasteiger partial charge in [-0.1, -0.05) is 33.6 Å². The smallest absolute Gasteiger partial charge is 0.310 e. The van der Waals surface area contributed by atoms with E-state index in [1.165, 1.54) is 0 Å². The van der Waals surface area contributed by atoms with Crippen molar-refractivity contribution >= 4 is 33.5 Å². The van der Waals surface area contributed by atoms with Gasteiger partial charge in [0, 0.05) is 5.33 Å². The van der Waals surface area contributed by atoms with Crippen molar-refractivity contribution < 1.29 is 9.53 Å². The van der Waals surface area contributed by atoms with Gasteiger partial charge >= 0.3 is 5.97 Å². The fourth-order valence-electron chi connectivity index (χ4n) is 1.47. The molecule has 0 bridgehead atoms. The molecule has 0 atom stereocenters. The molecule has 0 aliphatic heterocycles. The summed E-state index contributed by atoms with van der Waals surface area (Å²) in [6.07, 6.45) is 0.0677. The van der Waals surface area contributed by atoms with E-state index in [1.54, 1.807) is 19.1 Å². The van der Waals surface area contributed by atoms with Crippen LogP contribution >= 0.6 is 27.5 Å². The number of alkyl halides is 1. The second kappa shape index (κ2) is 6.63. The van der Waals surface area contributed by atoms with Gasteiger partial charge in [0.15, 0.2) is 0 Å². The first-order chi connectivity index (χ1) is 8.13. The molecule has 0 unspecified atom stereocenters. The summed E-state index contributed by atoms with van der Waals surface area (Å²) in [6.45, 7) is 2.07. The van der Waals surface area contributed by atoms with Crippen molar-refractivity contribution in [1.82, 2.24) is 0 Å². The first kappa shape index (κ1) is 14.0. The van der Waals surface area contributed by atoms with E-state index in [1.807, 2.05) is 6.07 Å². The maximum Gasteiger partial charge on any atom is 0.310 e. The fourth-order valence-corrected chi connectivity index (χ4v) is 2.21. The van der Waals surface area contributed by atoms with Gasteiger partial charge in [-0.3, -0.25) is 4.79 Å². The molecule has 0 aromatic heterocycles. The van der Waals surface area contributed by atoms with Crippen molar-refractivity contribution in [3.8, 4) is 6.07 Å². The lowest BCUT2D eigenvalue weighted by atomic mass is 10.00. The summed E-state index contributed by atoms with van der Waals surface area (Å²) in [5.41, 5.74) is 1.85. The highest BCUT2D eigenvalue weighted by atomic mass is 79.9. The van der Waals surface area contributed by atoms with E-state index in [0.29, 0.717) is 28.1 Å². The minimum Gasteiger partial charge on any atom is -0.466 e. The van der Waals surface area contributed by atoms with E-state index in [9.17, 15) is 4.79 Å². The van der Waals surface area contributed by atoms with Crippen LogP contribution in [-0.4, -0.2) is 12.6 Å². The molecule has 1 aromatic carbocycles. The first-order valence-electron chi connectivity index (χ1n) is 5.06. The highest BCUT2D eigenvalue weighted by molar-refractivity contribution is 9.08. The third kappa shape index (κ3) is 3.45. The summed E-state index contributed by atoms with van der Waals surface area (Å²) in [5.74, 6) is -0.353. The van der Waals surface area contributed by atoms with Gasteiger partial charge in [0.2, 0.25) is 0 Å². The van der Waals surface area contributed by atoms with Gasteiger partial charge in [-0.05, 0) is 24.1 Å². The standard InChI is InChI=1S/C12H11BrClNO2/c1-2-17-12(16)5-9-8(6-13)3-4-11(14)10(9)7-15/h3-4H,2,5-6H2,1H3. The zero-order valence-corrected chi connectivity index (χ0v) is 11.6. The molecule has 0 fully saturated rings. The number of nitrogens with zero attached hydrogens (tertiary/aromatic N) is 1. The predicted molar refractivity (Wildman–Crippen MR) is 69.1 cm³/mol. The average molecular weight is 317 g/mol. The summed E-state index contributed by atoms with van der Waals surface area (Å²) in [4.78, 5) is 11.5. The zero-order chi connectivity index (χ0) is 12.8. The molecule has 0 N–H and O–H groups in total. The number of halogens is 2. The van der Waals surface area contributed by atoms with Crippen molar-refractivity contribution in [2.45, 2.75) is 18.7 Å². The number of carbonyl (C=O) groups is 1. The van der Waals surface area contributed by atoms with Crippen molar-refractivity contribution in [2.24, 2.45) is 0 Å². The third-order valence-electron chi connectivity index (χ3n) is 2.24. The third-order valence-corrected chi connectivity index (χ3v) is 3.16. The molecule has 3 nitrogen and oxygen atoms in total. The van der Waals surface area contributed by atoms with Gasteiger partial charge in [0.1, 0.15) is 6.07 Å². The maximum atomic E-state index is 11.5. The summed E-state index contributed by atoms with van der Waals surface area (Å²) >= 11 is 9.25. The fraction of sp³-hybridized carbons (Fsp3) is 0.333. The topological polar surface area (TPSA) is 50.1 Å². The molecule has 0 saturated heterocycles. The zero-order valence-electron chi connectivity index (χ0n) is 9.30. The number of rotatable bonds is 4. The van der Waals surface area contributed by atoms with Crippen LogP contribution in [-0.2, 0) is 21.3 Å². The summed E-state index contributed by atoms with van der Waals surface area (Å²) in [5, 5.41) is 9.98. The molecule has 0 radical (unpaired) electrons. The largest absolute Gasteiger partial charge is 0.466 e. The Morgan fingerprint density at radius 1 is 1.59 bits per heavy atom. The van der Waals surface area contributed by atoms with E-state index in [-0.39, 0.29) is 12.4 Å². The quantitative estimate of drug-likeness (QED) is 0.633. The Morgan fingerprint density at radius 3 is 2.82 bits per heavy atom. The monoisotopic (exact) mass is 315 g/mol. The van der Waals surface area contributed by atoms with Crippen LogP contribution in [0.15, 0.2) is 12.1 Å². The normalized spacial score (nSPS) is 9.76. The van der Waals surface area contributed by atoms with Gasteiger partial charge in [-0.15, -0.1) is 0 Å². The summed E-state index contributed by atoms with van der Waals surface area (Å²) in [6, 6.07) is 5.48. The van der Waals surface area contributed by atoms with Gasteiger partial charge < -0.3 is 4.74 Å². The molecule has 0 amide bonds. The highest BCUT2D eigenvalue weighted by Crippen LogP contribution is 2.25. The maximum absolute atomic E-state index is 11.5. The van der Waals surface area contributed by atoms with Crippen LogP contribution in [0.2, 0.25) is 5.02 Å². The lowest BCUT2D eigenvalue weighted by Crippen LogP contribution is -2.10. The van der Waals surface area contributed by atoms with E-state index < -0.39 is 0 Å². The Labute approximate surface area is 113 Å². The van der Waals surface area contributed by atoms with E-state index >= 15 is 0 Å². The number of ether oxygens (including phenoxy) is 1. The minimum absolute atomic E-state index is 0.0677. The summed E-state index contributed by atoms with van der Waals surface area (Å²) < 4.78 is 4.88. The van der Waals surface area contributed by atoms with Gasteiger partial charge in [-0.25, -0.2) is 0 Å². The van der Waals surface area contributed by atoms with Crippen LogP contribution in [0.5, 0.6) is 0 Å². The van der Waals surface area contributed by atoms with Crippen LogP contribution in [0.3, 0.4) is 0 Å². The van der Waals surface area contributed by atoms with E-state index in [4.69, 9.17) is 21.6 Å². The van der Waals surface area contributed by atoms with Crippen LogP contribution < -0.4 is 0 Å². The Balaban J connectivity index is 3.15. The van der Waals surface area contributed by atoms with Crippen LogP contribution in [0, 0.1) is 11.3 Å². The van der Waals surface area contributed by atoms with Gasteiger partial charge in [0.25, 0.3) is 0 Å². The molecular weight excluding hydrogens is 305 g/mol. The molecule has 17 heavy (non-hydrogen) atoms. The Bertz CT molecular complexity index is 468. The lowest BCUT2D eigenvalue weighted by molar-refractivity contribution is -0.142. The molecular formula is C12H11BrClNO2. The number of benzene rings is 1. The Kier molecular flexibility index (Phi) is 5.46. The van der Waals surface area contributed by atoms with Crippen molar-refractivity contribution in [1.29, 1.82) is 5.26 Å². The lowest BCUT2D eigenvalue weighted by Gasteiger charge is -2.10. The van der Waals surface area contributed by atoms with Crippen molar-refractivity contribution in [3.63, 3.8) is 0 Å².